The molecule has 0 atom stereocenters. The Morgan fingerprint density at radius 1 is 1.40 bits per heavy atom. The van der Waals surface area contributed by atoms with Gasteiger partial charge in [0, 0.05) is 12.5 Å². The van der Waals surface area contributed by atoms with E-state index in [2.05, 4.69) is 25.9 Å². The van der Waals surface area contributed by atoms with Crippen LogP contribution >= 0.6 is 0 Å². The molecule has 0 saturated heterocycles. The van der Waals surface area contributed by atoms with Gasteiger partial charge >= 0.3 is 0 Å². The van der Waals surface area contributed by atoms with Crippen LogP contribution in [0.5, 0.6) is 5.75 Å². The van der Waals surface area contributed by atoms with Gasteiger partial charge in [0.05, 0.1) is 6.61 Å². The third-order valence-corrected chi connectivity index (χ3v) is 2.30. The average Bonchev–Trinajstić information content (AvgIpc) is 2.89. The van der Waals surface area contributed by atoms with Crippen molar-refractivity contribution in [3.63, 3.8) is 0 Å². The predicted octanol–water partition coefficient (Wildman–Crippen LogP) is 1.28. The second-order valence-electron chi connectivity index (χ2n) is 3.81. The van der Waals surface area contributed by atoms with E-state index in [0.29, 0.717) is 6.42 Å². The van der Waals surface area contributed by atoms with Gasteiger partial charge in [0.15, 0.2) is 11.6 Å². The molecule has 106 valence electrons. The third-order valence-electron chi connectivity index (χ3n) is 2.30. The van der Waals surface area contributed by atoms with Crippen molar-refractivity contribution in [2.75, 3.05) is 11.9 Å². The van der Waals surface area contributed by atoms with Crippen LogP contribution in [-0.4, -0.2) is 33.1 Å². The molecule has 2 aromatic rings. The SMILES string of the molecule is O=C(CCCOc1ccc(F)cc1F)Nc1nn[nH]n1. The Balaban J connectivity index is 1.69. The van der Waals surface area contributed by atoms with E-state index in [1.165, 1.54) is 6.07 Å². The number of hydrogen-bond acceptors (Lipinski definition) is 5. The van der Waals surface area contributed by atoms with Gasteiger partial charge in [-0.15, -0.1) is 5.10 Å². The fraction of sp³-hybridized carbons (Fsp3) is 0.273. The number of benzene rings is 1. The van der Waals surface area contributed by atoms with Crippen molar-refractivity contribution < 1.29 is 18.3 Å². The monoisotopic (exact) mass is 283 g/mol. The van der Waals surface area contributed by atoms with E-state index in [4.69, 9.17) is 4.74 Å². The summed E-state index contributed by atoms with van der Waals surface area (Å²) < 4.78 is 31.0. The first-order valence-corrected chi connectivity index (χ1v) is 5.76. The molecule has 0 aliphatic rings. The summed E-state index contributed by atoms with van der Waals surface area (Å²) in [6, 6.07) is 3.03. The van der Waals surface area contributed by atoms with Gasteiger partial charge in [-0.25, -0.2) is 8.78 Å². The van der Waals surface area contributed by atoms with Crippen molar-refractivity contribution in [2.24, 2.45) is 0 Å². The maximum absolute atomic E-state index is 13.2. The molecule has 1 amide bonds. The van der Waals surface area contributed by atoms with E-state index >= 15 is 0 Å². The van der Waals surface area contributed by atoms with Gasteiger partial charge in [0.25, 0.3) is 5.95 Å². The molecule has 2 N–H and O–H groups in total. The number of aromatic nitrogens is 4. The highest BCUT2D eigenvalue weighted by Crippen LogP contribution is 2.17. The van der Waals surface area contributed by atoms with E-state index in [1.54, 1.807) is 0 Å². The summed E-state index contributed by atoms with van der Waals surface area (Å²) in [6.07, 6.45) is 0.512. The lowest BCUT2D eigenvalue weighted by Gasteiger charge is -2.06. The molecule has 2 rings (SSSR count). The standard InChI is InChI=1S/C11H11F2N5O2/c12-7-3-4-9(8(13)6-7)20-5-1-2-10(19)14-11-15-17-18-16-11/h3-4,6H,1-2,5H2,(H2,14,15,16,17,18,19). The maximum Gasteiger partial charge on any atom is 0.269 e. The molecular formula is C11H11F2N5O2. The predicted molar refractivity (Wildman–Crippen MR) is 63.9 cm³/mol. The zero-order valence-corrected chi connectivity index (χ0v) is 10.3. The number of nitrogens with zero attached hydrogens (tertiary/aromatic N) is 3. The van der Waals surface area contributed by atoms with Crippen LogP contribution in [0.1, 0.15) is 12.8 Å². The number of hydrogen-bond donors (Lipinski definition) is 2. The summed E-state index contributed by atoms with van der Waals surface area (Å²) in [5.74, 6) is -1.73. The van der Waals surface area contributed by atoms with Crippen LogP contribution in [0.15, 0.2) is 18.2 Å². The molecule has 0 radical (unpaired) electrons. The maximum atomic E-state index is 13.2. The van der Waals surface area contributed by atoms with Crippen molar-refractivity contribution in [3.8, 4) is 5.75 Å². The zero-order chi connectivity index (χ0) is 14.4. The molecule has 1 aromatic heterocycles. The number of tetrazole rings is 1. The average molecular weight is 283 g/mol. The zero-order valence-electron chi connectivity index (χ0n) is 10.3. The van der Waals surface area contributed by atoms with Crippen LogP contribution in [0.25, 0.3) is 0 Å². The van der Waals surface area contributed by atoms with Crippen LogP contribution in [-0.2, 0) is 4.79 Å². The van der Waals surface area contributed by atoms with Gasteiger partial charge in [-0.05, 0) is 23.8 Å². The van der Waals surface area contributed by atoms with Gasteiger partial charge < -0.3 is 4.74 Å². The highest BCUT2D eigenvalue weighted by molar-refractivity contribution is 5.88. The molecule has 9 heteroatoms. The minimum absolute atomic E-state index is 0.0509. The van der Waals surface area contributed by atoms with Crippen LogP contribution in [0.3, 0.4) is 0 Å². The van der Waals surface area contributed by atoms with Crippen LogP contribution < -0.4 is 10.1 Å². The number of rotatable bonds is 6. The molecule has 1 heterocycles. The number of anilines is 1. The fourth-order valence-electron chi connectivity index (χ4n) is 1.41. The molecule has 7 nitrogen and oxygen atoms in total. The van der Waals surface area contributed by atoms with Crippen LogP contribution in [0.4, 0.5) is 14.7 Å². The molecule has 0 spiro atoms. The number of ether oxygens (including phenoxy) is 1. The third kappa shape index (κ3) is 3.97. The Morgan fingerprint density at radius 3 is 2.95 bits per heavy atom. The summed E-state index contributed by atoms with van der Waals surface area (Å²) in [4.78, 5) is 11.4. The summed E-state index contributed by atoms with van der Waals surface area (Å²) in [7, 11) is 0. The van der Waals surface area contributed by atoms with Gasteiger partial charge in [0.2, 0.25) is 5.91 Å². The van der Waals surface area contributed by atoms with Gasteiger partial charge in [-0.3, -0.25) is 10.1 Å². The van der Waals surface area contributed by atoms with Gasteiger partial charge in [-0.1, -0.05) is 5.10 Å². The molecule has 0 aliphatic heterocycles. The van der Waals surface area contributed by atoms with E-state index in [1.807, 2.05) is 0 Å². The Labute approximate surface area is 112 Å². The molecule has 0 unspecified atom stereocenters. The number of aromatic amines is 1. The number of amides is 1. The van der Waals surface area contributed by atoms with Crippen molar-refractivity contribution in [1.82, 2.24) is 20.6 Å². The lowest BCUT2D eigenvalue weighted by Crippen LogP contribution is -2.14. The molecule has 0 bridgehead atoms. The quantitative estimate of drug-likeness (QED) is 0.779. The van der Waals surface area contributed by atoms with E-state index < -0.39 is 11.6 Å². The number of carbonyl (C=O) groups excluding carboxylic acids is 1. The molecule has 20 heavy (non-hydrogen) atoms. The van der Waals surface area contributed by atoms with E-state index in [-0.39, 0.29) is 30.6 Å². The first-order chi connectivity index (χ1) is 9.65. The Kier molecular flexibility index (Phi) is 4.53. The van der Waals surface area contributed by atoms with Crippen LogP contribution in [0, 0.1) is 11.6 Å². The molecule has 0 saturated carbocycles. The second-order valence-corrected chi connectivity index (χ2v) is 3.81. The fourth-order valence-corrected chi connectivity index (χ4v) is 1.41. The van der Waals surface area contributed by atoms with Gasteiger partial charge in [-0.2, -0.15) is 5.21 Å². The van der Waals surface area contributed by atoms with E-state index in [0.717, 1.165) is 12.1 Å². The summed E-state index contributed by atoms with van der Waals surface area (Å²) >= 11 is 0. The van der Waals surface area contributed by atoms with Crippen molar-refractivity contribution in [2.45, 2.75) is 12.8 Å². The largest absolute Gasteiger partial charge is 0.491 e. The number of H-pyrrole nitrogens is 1. The minimum atomic E-state index is -0.777. The molecule has 0 fully saturated rings. The Morgan fingerprint density at radius 2 is 2.25 bits per heavy atom. The molecule has 0 aliphatic carbocycles. The van der Waals surface area contributed by atoms with Crippen LogP contribution in [0.2, 0.25) is 0 Å². The smallest absolute Gasteiger partial charge is 0.269 e. The summed E-state index contributed by atoms with van der Waals surface area (Å²) in [5, 5.41) is 15.0. The first-order valence-electron chi connectivity index (χ1n) is 5.76. The summed E-state index contributed by atoms with van der Waals surface area (Å²) in [5.41, 5.74) is 0. The molecular weight excluding hydrogens is 272 g/mol. The van der Waals surface area contributed by atoms with E-state index in [9.17, 15) is 13.6 Å². The Hall–Kier alpha value is -2.58. The number of nitrogens with one attached hydrogen (secondary N) is 2. The molecule has 1 aromatic carbocycles. The van der Waals surface area contributed by atoms with Crippen molar-refractivity contribution in [3.05, 3.63) is 29.8 Å². The highest BCUT2D eigenvalue weighted by Gasteiger charge is 2.07. The normalized spacial score (nSPS) is 10.3. The number of halogens is 2. The minimum Gasteiger partial charge on any atom is -0.491 e. The summed E-state index contributed by atoms with van der Waals surface area (Å²) in [6.45, 7) is 0.127. The first kappa shape index (κ1) is 13.8. The Bertz CT molecular complexity index is 576. The highest BCUT2D eigenvalue weighted by atomic mass is 19.1. The second kappa shape index (κ2) is 6.55. The topological polar surface area (TPSA) is 92.8 Å². The lowest BCUT2D eigenvalue weighted by atomic mass is 10.3. The van der Waals surface area contributed by atoms with Crippen molar-refractivity contribution in [1.29, 1.82) is 0 Å². The lowest BCUT2D eigenvalue weighted by molar-refractivity contribution is -0.116. The van der Waals surface area contributed by atoms with Gasteiger partial charge in [0.1, 0.15) is 5.82 Å². The van der Waals surface area contributed by atoms with Crippen molar-refractivity contribution >= 4 is 11.9 Å². The number of carbonyl (C=O) groups is 1.